The molecule has 0 bridgehead atoms. The van der Waals surface area contributed by atoms with Crippen LogP contribution in [0.25, 0.3) is 0 Å². The van der Waals surface area contributed by atoms with Gasteiger partial charge in [-0.15, -0.1) is 0 Å². The Hall–Kier alpha value is -0.860. The quantitative estimate of drug-likeness (QED) is 0.768. The average molecular weight is 260 g/mol. The van der Waals surface area contributed by atoms with Crippen molar-refractivity contribution in [2.45, 2.75) is 52.0 Å². The van der Waals surface area contributed by atoms with Crippen molar-refractivity contribution in [3.8, 4) is 0 Å². The maximum atomic E-state index is 3.60. The summed E-state index contributed by atoms with van der Waals surface area (Å²) in [6.07, 6.45) is 6.53. The van der Waals surface area contributed by atoms with Gasteiger partial charge in [0.15, 0.2) is 0 Å². The van der Waals surface area contributed by atoms with Gasteiger partial charge in [-0.05, 0) is 75.9 Å². The largest absolute Gasteiger partial charge is 0.316 e. The van der Waals surface area contributed by atoms with E-state index < -0.39 is 0 Å². The Morgan fingerprint density at radius 2 is 2.05 bits per heavy atom. The van der Waals surface area contributed by atoms with Gasteiger partial charge in [0.1, 0.15) is 0 Å². The van der Waals surface area contributed by atoms with E-state index in [4.69, 9.17) is 0 Å². The molecule has 0 saturated carbocycles. The van der Waals surface area contributed by atoms with E-state index in [1.165, 1.54) is 48.9 Å². The number of nitrogens with one attached hydrogen (secondary N) is 2. The lowest BCUT2D eigenvalue weighted by atomic mass is 10.0. The molecular formula is C17H28N2. The number of benzene rings is 1. The lowest BCUT2D eigenvalue weighted by molar-refractivity contribution is 0.377. The summed E-state index contributed by atoms with van der Waals surface area (Å²) in [6.45, 7) is 7.82. The van der Waals surface area contributed by atoms with E-state index in [2.05, 4.69) is 42.7 Å². The number of hydrogen-bond acceptors (Lipinski definition) is 2. The van der Waals surface area contributed by atoms with Crippen LogP contribution in [0.4, 0.5) is 0 Å². The van der Waals surface area contributed by atoms with Gasteiger partial charge < -0.3 is 10.6 Å². The second-order valence-corrected chi connectivity index (χ2v) is 5.85. The summed E-state index contributed by atoms with van der Waals surface area (Å²) in [4.78, 5) is 0. The van der Waals surface area contributed by atoms with Gasteiger partial charge in [-0.1, -0.05) is 24.6 Å². The zero-order valence-corrected chi connectivity index (χ0v) is 12.5. The SMILES string of the molecule is Cc1ccc(CCNCCC2CCCCN2)cc1C. The normalized spacial score (nSPS) is 19.6. The molecule has 1 atom stereocenters. The molecule has 0 radical (unpaired) electrons. The van der Waals surface area contributed by atoms with E-state index in [0.29, 0.717) is 0 Å². The molecule has 2 nitrogen and oxygen atoms in total. The zero-order valence-electron chi connectivity index (χ0n) is 12.5. The minimum absolute atomic E-state index is 0.753. The highest BCUT2D eigenvalue weighted by Crippen LogP contribution is 2.10. The molecule has 19 heavy (non-hydrogen) atoms. The molecule has 1 aliphatic rings. The Kier molecular flexibility index (Phi) is 5.87. The standard InChI is InChI=1S/C17H28N2/c1-14-6-7-16(13-15(14)2)8-11-18-12-9-17-5-3-4-10-19-17/h6-7,13,17-19H,3-5,8-12H2,1-2H3. The maximum Gasteiger partial charge on any atom is 0.00791 e. The van der Waals surface area contributed by atoms with E-state index >= 15 is 0 Å². The van der Waals surface area contributed by atoms with Crippen molar-refractivity contribution in [1.29, 1.82) is 0 Å². The number of hydrogen-bond donors (Lipinski definition) is 2. The molecule has 1 saturated heterocycles. The number of piperidine rings is 1. The Labute approximate surface area is 118 Å². The molecular weight excluding hydrogens is 232 g/mol. The molecule has 2 rings (SSSR count). The van der Waals surface area contributed by atoms with Crippen LogP contribution in [0.3, 0.4) is 0 Å². The second-order valence-electron chi connectivity index (χ2n) is 5.85. The van der Waals surface area contributed by atoms with Crippen LogP contribution in [0.5, 0.6) is 0 Å². The molecule has 1 aromatic rings. The molecule has 0 amide bonds. The van der Waals surface area contributed by atoms with Gasteiger partial charge in [-0.25, -0.2) is 0 Å². The van der Waals surface area contributed by atoms with E-state index in [1.807, 2.05) is 0 Å². The molecule has 0 aliphatic carbocycles. The molecule has 1 heterocycles. The summed E-state index contributed by atoms with van der Waals surface area (Å²) >= 11 is 0. The average Bonchev–Trinajstić information content (AvgIpc) is 2.43. The topological polar surface area (TPSA) is 24.1 Å². The summed E-state index contributed by atoms with van der Waals surface area (Å²) in [5.41, 5.74) is 4.25. The first-order valence-corrected chi connectivity index (χ1v) is 7.76. The van der Waals surface area contributed by atoms with Gasteiger partial charge in [0.2, 0.25) is 0 Å². The lowest BCUT2D eigenvalue weighted by Gasteiger charge is -2.23. The van der Waals surface area contributed by atoms with Crippen molar-refractivity contribution in [2.24, 2.45) is 0 Å². The first kappa shape index (κ1) is 14.5. The molecule has 0 spiro atoms. The Morgan fingerprint density at radius 1 is 1.16 bits per heavy atom. The van der Waals surface area contributed by atoms with E-state index in [-0.39, 0.29) is 0 Å². The maximum absolute atomic E-state index is 3.60. The number of rotatable bonds is 6. The Balaban J connectivity index is 1.59. The van der Waals surface area contributed by atoms with Crippen LogP contribution in [0.2, 0.25) is 0 Å². The summed E-state index contributed by atoms with van der Waals surface area (Å²) in [6, 6.07) is 7.56. The predicted molar refractivity (Wildman–Crippen MR) is 82.7 cm³/mol. The van der Waals surface area contributed by atoms with Crippen molar-refractivity contribution >= 4 is 0 Å². The molecule has 1 aromatic carbocycles. The predicted octanol–water partition coefficient (Wildman–Crippen LogP) is 2.97. The van der Waals surface area contributed by atoms with Gasteiger partial charge >= 0.3 is 0 Å². The molecule has 0 aromatic heterocycles. The fraction of sp³-hybridized carbons (Fsp3) is 0.647. The van der Waals surface area contributed by atoms with Crippen LogP contribution in [0.1, 0.15) is 42.4 Å². The van der Waals surface area contributed by atoms with E-state index in [9.17, 15) is 0 Å². The van der Waals surface area contributed by atoms with Gasteiger partial charge in [0.25, 0.3) is 0 Å². The van der Waals surface area contributed by atoms with Gasteiger partial charge in [0.05, 0.1) is 0 Å². The highest BCUT2D eigenvalue weighted by molar-refractivity contribution is 5.29. The smallest absolute Gasteiger partial charge is 0.00791 e. The summed E-state index contributed by atoms with van der Waals surface area (Å²) in [5, 5.41) is 7.18. The third-order valence-corrected chi connectivity index (χ3v) is 4.24. The fourth-order valence-electron chi connectivity index (χ4n) is 2.76. The van der Waals surface area contributed by atoms with Crippen LogP contribution in [-0.2, 0) is 6.42 Å². The van der Waals surface area contributed by atoms with Gasteiger partial charge in [-0.3, -0.25) is 0 Å². The minimum atomic E-state index is 0.753. The highest BCUT2D eigenvalue weighted by atomic mass is 14.9. The van der Waals surface area contributed by atoms with Crippen LogP contribution in [0, 0.1) is 13.8 Å². The monoisotopic (exact) mass is 260 g/mol. The highest BCUT2D eigenvalue weighted by Gasteiger charge is 2.11. The number of aryl methyl sites for hydroxylation is 2. The van der Waals surface area contributed by atoms with Crippen molar-refractivity contribution in [3.63, 3.8) is 0 Å². The summed E-state index contributed by atoms with van der Waals surface area (Å²) in [7, 11) is 0. The first-order chi connectivity index (χ1) is 9.25. The van der Waals surface area contributed by atoms with E-state index in [1.54, 1.807) is 0 Å². The van der Waals surface area contributed by atoms with Crippen molar-refractivity contribution in [2.75, 3.05) is 19.6 Å². The summed E-state index contributed by atoms with van der Waals surface area (Å²) < 4.78 is 0. The molecule has 1 fully saturated rings. The molecule has 2 heteroatoms. The zero-order chi connectivity index (χ0) is 13.5. The fourth-order valence-corrected chi connectivity index (χ4v) is 2.76. The Morgan fingerprint density at radius 3 is 2.79 bits per heavy atom. The molecule has 1 unspecified atom stereocenters. The molecule has 1 aliphatic heterocycles. The first-order valence-electron chi connectivity index (χ1n) is 7.76. The van der Waals surface area contributed by atoms with Crippen LogP contribution in [0.15, 0.2) is 18.2 Å². The van der Waals surface area contributed by atoms with Crippen LogP contribution >= 0.6 is 0 Å². The van der Waals surface area contributed by atoms with Crippen LogP contribution < -0.4 is 10.6 Å². The minimum Gasteiger partial charge on any atom is -0.316 e. The van der Waals surface area contributed by atoms with Crippen molar-refractivity contribution in [1.82, 2.24) is 10.6 Å². The van der Waals surface area contributed by atoms with Crippen molar-refractivity contribution in [3.05, 3.63) is 34.9 Å². The second kappa shape index (κ2) is 7.66. The van der Waals surface area contributed by atoms with Crippen molar-refractivity contribution < 1.29 is 0 Å². The summed E-state index contributed by atoms with van der Waals surface area (Å²) in [5.74, 6) is 0. The van der Waals surface area contributed by atoms with Crippen LogP contribution in [-0.4, -0.2) is 25.7 Å². The lowest BCUT2D eigenvalue weighted by Crippen LogP contribution is -2.36. The van der Waals surface area contributed by atoms with E-state index in [0.717, 1.165) is 25.6 Å². The third kappa shape index (κ3) is 4.96. The molecule has 106 valence electrons. The Bertz CT molecular complexity index is 381. The molecule has 2 N–H and O–H groups in total. The third-order valence-electron chi connectivity index (χ3n) is 4.24. The van der Waals surface area contributed by atoms with Gasteiger partial charge in [-0.2, -0.15) is 0 Å². The van der Waals surface area contributed by atoms with Gasteiger partial charge in [0, 0.05) is 6.04 Å².